The molecule has 0 N–H and O–H groups in total. The van der Waals surface area contributed by atoms with E-state index < -0.39 is 6.04 Å². The molecule has 2 aromatic heterocycles. The van der Waals surface area contributed by atoms with Crippen LogP contribution in [0.1, 0.15) is 70.6 Å². The van der Waals surface area contributed by atoms with Gasteiger partial charge in [0.15, 0.2) is 16.9 Å². The van der Waals surface area contributed by atoms with Crippen LogP contribution in [0.5, 0.6) is 11.5 Å². The van der Waals surface area contributed by atoms with Gasteiger partial charge in [0.1, 0.15) is 5.58 Å². The molecule has 7 nitrogen and oxygen atoms in total. The van der Waals surface area contributed by atoms with E-state index in [2.05, 4.69) is 11.9 Å². The summed E-state index contributed by atoms with van der Waals surface area (Å²) in [5.74, 6) is 0.942. The van der Waals surface area contributed by atoms with E-state index in [0.717, 1.165) is 41.5 Å². The van der Waals surface area contributed by atoms with Crippen molar-refractivity contribution in [1.29, 1.82) is 0 Å². The predicted octanol–water partition coefficient (Wildman–Crippen LogP) is 6.13. The maximum absolute atomic E-state index is 14.0. The first-order valence-corrected chi connectivity index (χ1v) is 13.0. The van der Waals surface area contributed by atoms with Gasteiger partial charge < -0.3 is 18.8 Å². The Morgan fingerprint density at radius 3 is 2.63 bits per heavy atom. The van der Waals surface area contributed by atoms with Gasteiger partial charge >= 0.3 is 0 Å². The number of aromatic nitrogens is 1. The molecule has 2 aromatic carbocycles. The van der Waals surface area contributed by atoms with Crippen molar-refractivity contribution in [3.8, 4) is 11.5 Å². The molecule has 1 aliphatic heterocycles. The number of amides is 1. The van der Waals surface area contributed by atoms with Crippen molar-refractivity contribution < 1.29 is 18.7 Å². The lowest BCUT2D eigenvalue weighted by atomic mass is 9.96. The quantitative estimate of drug-likeness (QED) is 0.251. The summed E-state index contributed by atoms with van der Waals surface area (Å²) in [4.78, 5) is 33.7. The molecule has 0 saturated heterocycles. The van der Waals surface area contributed by atoms with Crippen molar-refractivity contribution in [3.05, 3.63) is 98.7 Å². The van der Waals surface area contributed by atoms with Crippen LogP contribution in [-0.2, 0) is 6.54 Å². The van der Waals surface area contributed by atoms with Gasteiger partial charge in [0, 0.05) is 18.9 Å². The van der Waals surface area contributed by atoms with Gasteiger partial charge in [-0.05, 0) is 66.8 Å². The zero-order valence-corrected chi connectivity index (χ0v) is 22.2. The van der Waals surface area contributed by atoms with Crippen LogP contribution in [0.25, 0.3) is 11.0 Å². The average Bonchev–Trinajstić information content (AvgIpc) is 3.18. The summed E-state index contributed by atoms with van der Waals surface area (Å²) in [6.45, 7) is 6.85. The van der Waals surface area contributed by atoms with Crippen LogP contribution >= 0.6 is 0 Å². The second-order valence-corrected chi connectivity index (χ2v) is 9.79. The summed E-state index contributed by atoms with van der Waals surface area (Å²) in [7, 11) is 1.59. The number of carbonyl (C=O) groups excluding carboxylic acids is 1. The van der Waals surface area contributed by atoms with E-state index in [1.54, 1.807) is 24.4 Å². The fourth-order valence-electron chi connectivity index (χ4n) is 5.22. The Hall–Kier alpha value is -4.13. The normalized spacial score (nSPS) is 14.7. The van der Waals surface area contributed by atoms with Crippen molar-refractivity contribution in [2.45, 2.75) is 52.6 Å². The summed E-state index contributed by atoms with van der Waals surface area (Å²) in [6, 6.07) is 12.5. The molecular formula is C31H32N2O5. The van der Waals surface area contributed by atoms with Crippen LogP contribution in [0.4, 0.5) is 0 Å². The molecule has 0 radical (unpaired) electrons. The summed E-state index contributed by atoms with van der Waals surface area (Å²) in [5.41, 5.74) is 3.96. The smallest absolute Gasteiger partial charge is 0.291 e. The molecule has 0 aliphatic carbocycles. The van der Waals surface area contributed by atoms with Crippen LogP contribution < -0.4 is 14.9 Å². The van der Waals surface area contributed by atoms with E-state index in [0.29, 0.717) is 34.6 Å². The number of rotatable bonds is 9. The van der Waals surface area contributed by atoms with Gasteiger partial charge in [-0.25, -0.2) is 0 Å². The number of hydrogen-bond acceptors (Lipinski definition) is 6. The number of nitrogens with zero attached hydrogens (tertiary/aromatic N) is 2. The number of unbranched alkanes of at least 4 members (excludes halogenated alkanes) is 2. The van der Waals surface area contributed by atoms with E-state index in [1.165, 1.54) is 0 Å². The molecule has 1 aliphatic rings. The number of aryl methyl sites for hydroxylation is 2. The zero-order valence-electron chi connectivity index (χ0n) is 22.2. The van der Waals surface area contributed by atoms with Crippen LogP contribution in [0.15, 0.2) is 64.1 Å². The molecule has 38 heavy (non-hydrogen) atoms. The van der Waals surface area contributed by atoms with Crippen molar-refractivity contribution >= 4 is 16.9 Å². The van der Waals surface area contributed by atoms with E-state index in [9.17, 15) is 9.59 Å². The molecule has 5 rings (SSSR count). The number of benzene rings is 2. The lowest BCUT2D eigenvalue weighted by Gasteiger charge is -2.26. The molecule has 7 heteroatoms. The highest BCUT2D eigenvalue weighted by Crippen LogP contribution is 2.42. The standard InChI is InChI=1S/C31H32N2O5/c1-5-6-7-13-37-23-11-10-22(16-24(23)36-4)28-27-29(34)26-20(3)14-19(2)15-25(26)38-30(27)31(35)33(28)18-21-9-8-12-32-17-21/h8-12,14-17,28H,5-7,13,18H2,1-4H3. The third-order valence-corrected chi connectivity index (χ3v) is 7.00. The molecule has 0 fully saturated rings. The Morgan fingerprint density at radius 2 is 1.89 bits per heavy atom. The van der Waals surface area contributed by atoms with E-state index in [1.807, 2.05) is 56.3 Å². The summed E-state index contributed by atoms with van der Waals surface area (Å²) < 4.78 is 17.8. The molecule has 1 unspecified atom stereocenters. The molecule has 0 bridgehead atoms. The number of ether oxygens (including phenoxy) is 2. The minimum Gasteiger partial charge on any atom is -0.493 e. The van der Waals surface area contributed by atoms with Crippen molar-refractivity contribution in [2.24, 2.45) is 0 Å². The SMILES string of the molecule is CCCCCOc1ccc(C2c3c(oc4cc(C)cc(C)c4c3=O)C(=O)N2Cc2cccnc2)cc1OC. The molecule has 0 spiro atoms. The first-order chi connectivity index (χ1) is 18.4. The number of carbonyl (C=O) groups is 1. The maximum atomic E-state index is 14.0. The summed E-state index contributed by atoms with van der Waals surface area (Å²) >= 11 is 0. The molecule has 1 atom stereocenters. The van der Waals surface area contributed by atoms with Gasteiger partial charge in [0.25, 0.3) is 5.91 Å². The van der Waals surface area contributed by atoms with Gasteiger partial charge in [-0.1, -0.05) is 38.0 Å². The molecule has 1 amide bonds. The van der Waals surface area contributed by atoms with Crippen LogP contribution in [0.3, 0.4) is 0 Å². The van der Waals surface area contributed by atoms with Crippen molar-refractivity contribution in [2.75, 3.05) is 13.7 Å². The monoisotopic (exact) mass is 512 g/mol. The fourth-order valence-corrected chi connectivity index (χ4v) is 5.22. The number of pyridine rings is 1. The molecule has 196 valence electrons. The highest BCUT2D eigenvalue weighted by Gasteiger charge is 2.43. The van der Waals surface area contributed by atoms with E-state index in [4.69, 9.17) is 13.9 Å². The Balaban J connectivity index is 1.65. The minimum absolute atomic E-state index is 0.0836. The first kappa shape index (κ1) is 25.5. The van der Waals surface area contributed by atoms with E-state index in [-0.39, 0.29) is 23.6 Å². The second kappa shape index (κ2) is 10.7. The third kappa shape index (κ3) is 4.64. The highest BCUT2D eigenvalue weighted by molar-refractivity contribution is 5.99. The van der Waals surface area contributed by atoms with Gasteiger partial charge in [-0.3, -0.25) is 14.6 Å². The fraction of sp³-hybridized carbons (Fsp3) is 0.323. The molecule has 3 heterocycles. The molecule has 0 saturated carbocycles. The van der Waals surface area contributed by atoms with Gasteiger partial charge in [-0.2, -0.15) is 0 Å². The van der Waals surface area contributed by atoms with Gasteiger partial charge in [0.2, 0.25) is 5.76 Å². The average molecular weight is 513 g/mol. The van der Waals surface area contributed by atoms with Crippen LogP contribution in [0, 0.1) is 13.8 Å². The lowest BCUT2D eigenvalue weighted by Crippen LogP contribution is -2.29. The predicted molar refractivity (Wildman–Crippen MR) is 146 cm³/mol. The maximum Gasteiger partial charge on any atom is 0.291 e. The van der Waals surface area contributed by atoms with Crippen molar-refractivity contribution in [3.63, 3.8) is 0 Å². The number of methoxy groups -OCH3 is 1. The topological polar surface area (TPSA) is 81.9 Å². The Kier molecular flexibility index (Phi) is 7.18. The number of fused-ring (bicyclic) bond motifs is 2. The zero-order chi connectivity index (χ0) is 26.8. The summed E-state index contributed by atoms with van der Waals surface area (Å²) in [5, 5.41) is 0.498. The Bertz CT molecular complexity index is 1540. The minimum atomic E-state index is -0.651. The Morgan fingerprint density at radius 1 is 1.05 bits per heavy atom. The van der Waals surface area contributed by atoms with Crippen LogP contribution in [0.2, 0.25) is 0 Å². The Labute approximate surface area is 222 Å². The largest absolute Gasteiger partial charge is 0.493 e. The van der Waals surface area contributed by atoms with Crippen molar-refractivity contribution in [1.82, 2.24) is 9.88 Å². The summed E-state index contributed by atoms with van der Waals surface area (Å²) in [6.07, 6.45) is 6.57. The molecular weight excluding hydrogens is 480 g/mol. The lowest BCUT2D eigenvalue weighted by molar-refractivity contribution is 0.0714. The van der Waals surface area contributed by atoms with Gasteiger partial charge in [-0.15, -0.1) is 0 Å². The van der Waals surface area contributed by atoms with Gasteiger partial charge in [0.05, 0.1) is 30.7 Å². The third-order valence-electron chi connectivity index (χ3n) is 7.00. The number of hydrogen-bond donors (Lipinski definition) is 0. The second-order valence-electron chi connectivity index (χ2n) is 9.79. The van der Waals surface area contributed by atoms with Crippen LogP contribution in [-0.4, -0.2) is 29.5 Å². The highest BCUT2D eigenvalue weighted by atomic mass is 16.5. The first-order valence-electron chi connectivity index (χ1n) is 13.0. The van der Waals surface area contributed by atoms with E-state index >= 15 is 0 Å². The molecule has 4 aromatic rings.